The Bertz CT molecular complexity index is 590. The molecule has 2 aliphatic heterocycles. The van der Waals surface area contributed by atoms with E-state index in [4.69, 9.17) is 4.74 Å². The molecule has 0 aromatic carbocycles. The van der Waals surface area contributed by atoms with E-state index in [0.717, 1.165) is 43.7 Å². The van der Waals surface area contributed by atoms with Crippen LogP contribution in [0.15, 0.2) is 6.07 Å². The first kappa shape index (κ1) is 17.8. The van der Waals surface area contributed by atoms with Crippen LogP contribution in [0.4, 0.5) is 0 Å². The Morgan fingerprint density at radius 1 is 1.42 bits per heavy atom. The van der Waals surface area contributed by atoms with E-state index in [-0.39, 0.29) is 11.9 Å². The highest BCUT2D eigenvalue weighted by Crippen LogP contribution is 2.32. The van der Waals surface area contributed by atoms with E-state index in [1.165, 1.54) is 28.2 Å². The summed E-state index contributed by atoms with van der Waals surface area (Å²) in [6.07, 6.45) is 4.55. The zero-order valence-electron chi connectivity index (χ0n) is 14.4. The molecule has 1 fully saturated rings. The number of ether oxygens (including phenoxy) is 1. The van der Waals surface area contributed by atoms with E-state index < -0.39 is 6.10 Å². The van der Waals surface area contributed by atoms with Gasteiger partial charge in [-0.25, -0.2) is 4.79 Å². The minimum absolute atomic E-state index is 0.0493. The molecule has 4 nitrogen and oxygen atoms in total. The number of nitrogens with zero attached hydrogens (tertiary/aromatic N) is 1. The molecule has 1 aromatic rings. The molecule has 1 amide bonds. The van der Waals surface area contributed by atoms with Gasteiger partial charge in [0.1, 0.15) is 4.88 Å². The van der Waals surface area contributed by atoms with E-state index >= 15 is 0 Å². The van der Waals surface area contributed by atoms with Crippen molar-refractivity contribution in [3.63, 3.8) is 0 Å². The highest BCUT2D eigenvalue weighted by Gasteiger charge is 2.31. The number of hydrogen-bond donors (Lipinski definition) is 0. The van der Waals surface area contributed by atoms with Gasteiger partial charge in [-0.05, 0) is 56.4 Å². The van der Waals surface area contributed by atoms with Crippen molar-refractivity contribution in [3.8, 4) is 0 Å². The normalized spacial score (nSPS) is 21.9. The summed E-state index contributed by atoms with van der Waals surface area (Å²) in [5.74, 6) is 1.68. The number of fused-ring (bicyclic) bond motifs is 1. The van der Waals surface area contributed by atoms with Crippen molar-refractivity contribution in [1.29, 1.82) is 0 Å². The minimum Gasteiger partial charge on any atom is -0.448 e. The standard InChI is InChI=1S/C18H25NO3S2/c1-3-14-6-4-5-8-19(14)17(20)12(2)22-18(21)16-10-13-11-23-9-7-15(13)24-16/h10,12,14H,3-9,11H2,1-2H3/t12-,14+/m0/s1. The number of likely N-dealkylation sites (tertiary alicyclic amines) is 1. The molecule has 0 N–H and O–H groups in total. The van der Waals surface area contributed by atoms with E-state index in [9.17, 15) is 9.59 Å². The van der Waals surface area contributed by atoms with Crippen molar-refractivity contribution in [3.05, 3.63) is 21.4 Å². The molecule has 1 aromatic heterocycles. The fourth-order valence-electron chi connectivity index (χ4n) is 3.47. The fraction of sp³-hybridized carbons (Fsp3) is 0.667. The Morgan fingerprint density at radius 2 is 2.25 bits per heavy atom. The van der Waals surface area contributed by atoms with E-state index in [1.54, 1.807) is 6.92 Å². The van der Waals surface area contributed by atoms with Crippen LogP contribution in [-0.2, 0) is 21.7 Å². The zero-order chi connectivity index (χ0) is 17.1. The van der Waals surface area contributed by atoms with Crippen molar-refractivity contribution < 1.29 is 14.3 Å². The molecule has 132 valence electrons. The Kier molecular flexibility index (Phi) is 5.87. The van der Waals surface area contributed by atoms with Gasteiger partial charge in [0, 0.05) is 23.2 Å². The van der Waals surface area contributed by atoms with Crippen LogP contribution in [0.3, 0.4) is 0 Å². The summed E-state index contributed by atoms with van der Waals surface area (Å²) in [5, 5.41) is 0. The monoisotopic (exact) mass is 367 g/mol. The van der Waals surface area contributed by atoms with Crippen LogP contribution in [0.5, 0.6) is 0 Å². The zero-order valence-corrected chi connectivity index (χ0v) is 16.0. The first-order chi connectivity index (χ1) is 11.6. The molecule has 0 spiro atoms. The predicted octanol–water partition coefficient (Wildman–Crippen LogP) is 3.87. The van der Waals surface area contributed by atoms with Crippen molar-refractivity contribution in [2.45, 2.75) is 63.9 Å². The third-order valence-corrected chi connectivity index (χ3v) is 7.07. The summed E-state index contributed by atoms with van der Waals surface area (Å²) in [4.78, 5) is 28.9. The van der Waals surface area contributed by atoms with Crippen LogP contribution in [0.1, 0.15) is 59.6 Å². The average molecular weight is 368 g/mol. The van der Waals surface area contributed by atoms with Crippen LogP contribution < -0.4 is 0 Å². The number of carbonyl (C=O) groups is 2. The number of hydrogen-bond acceptors (Lipinski definition) is 5. The average Bonchev–Trinajstić information content (AvgIpc) is 3.05. The number of amides is 1. The Labute approximate surface area is 151 Å². The smallest absolute Gasteiger partial charge is 0.349 e. The molecule has 24 heavy (non-hydrogen) atoms. The number of thiophene rings is 1. The largest absolute Gasteiger partial charge is 0.448 e. The number of aryl methyl sites for hydroxylation is 1. The number of thioether (sulfide) groups is 1. The van der Waals surface area contributed by atoms with Crippen molar-refractivity contribution in [2.24, 2.45) is 0 Å². The Hall–Kier alpha value is -1.01. The van der Waals surface area contributed by atoms with E-state index in [2.05, 4.69) is 6.92 Å². The third-order valence-electron chi connectivity index (χ3n) is 4.84. The summed E-state index contributed by atoms with van der Waals surface area (Å²) in [6, 6.07) is 2.24. The molecule has 1 saturated heterocycles. The minimum atomic E-state index is -0.710. The van der Waals surface area contributed by atoms with Crippen LogP contribution in [0.2, 0.25) is 0 Å². The number of piperidine rings is 1. The summed E-state index contributed by atoms with van der Waals surface area (Å²) in [6.45, 7) is 4.59. The highest BCUT2D eigenvalue weighted by atomic mass is 32.2. The van der Waals surface area contributed by atoms with Gasteiger partial charge >= 0.3 is 5.97 Å². The maximum atomic E-state index is 12.7. The highest BCUT2D eigenvalue weighted by molar-refractivity contribution is 7.98. The van der Waals surface area contributed by atoms with Crippen molar-refractivity contribution in [2.75, 3.05) is 12.3 Å². The van der Waals surface area contributed by atoms with Crippen LogP contribution in [0, 0.1) is 0 Å². The number of esters is 1. The van der Waals surface area contributed by atoms with Gasteiger partial charge in [0.2, 0.25) is 0 Å². The first-order valence-corrected chi connectivity index (χ1v) is 10.8. The summed E-state index contributed by atoms with van der Waals surface area (Å²) in [5.41, 5.74) is 1.25. The molecule has 2 aliphatic rings. The van der Waals surface area contributed by atoms with E-state index in [1.807, 2.05) is 22.7 Å². The third kappa shape index (κ3) is 3.80. The van der Waals surface area contributed by atoms with Gasteiger partial charge in [0.05, 0.1) is 0 Å². The number of carbonyl (C=O) groups excluding carboxylic acids is 2. The molecule has 2 atom stereocenters. The lowest BCUT2D eigenvalue weighted by molar-refractivity contribution is -0.143. The molecule has 6 heteroatoms. The van der Waals surface area contributed by atoms with Crippen molar-refractivity contribution in [1.82, 2.24) is 4.90 Å². The van der Waals surface area contributed by atoms with Gasteiger partial charge in [-0.3, -0.25) is 4.79 Å². The molecule has 0 saturated carbocycles. The first-order valence-electron chi connectivity index (χ1n) is 8.81. The molecule has 0 bridgehead atoms. The molecular formula is C18H25NO3S2. The summed E-state index contributed by atoms with van der Waals surface area (Å²) in [7, 11) is 0. The summed E-state index contributed by atoms with van der Waals surface area (Å²) < 4.78 is 5.50. The second-order valence-corrected chi connectivity index (χ2v) is 8.74. The van der Waals surface area contributed by atoms with Gasteiger partial charge < -0.3 is 9.64 Å². The molecule has 0 unspecified atom stereocenters. The Balaban J connectivity index is 1.63. The van der Waals surface area contributed by atoms with Crippen LogP contribution in [-0.4, -0.2) is 41.2 Å². The number of rotatable bonds is 4. The quantitative estimate of drug-likeness (QED) is 0.758. The molecule has 0 radical (unpaired) electrons. The maximum absolute atomic E-state index is 12.7. The van der Waals surface area contributed by atoms with E-state index in [0.29, 0.717) is 10.9 Å². The second kappa shape index (κ2) is 7.91. The molecule has 3 heterocycles. The topological polar surface area (TPSA) is 46.6 Å². The van der Waals surface area contributed by atoms with Crippen molar-refractivity contribution >= 4 is 35.0 Å². The predicted molar refractivity (Wildman–Crippen MR) is 98.7 cm³/mol. The lowest BCUT2D eigenvalue weighted by Gasteiger charge is -2.36. The maximum Gasteiger partial charge on any atom is 0.349 e. The van der Waals surface area contributed by atoms with Crippen LogP contribution in [0.25, 0.3) is 0 Å². The SMILES string of the molecule is CC[C@@H]1CCCCN1C(=O)[C@H](C)OC(=O)c1cc2c(s1)CCSC2. The Morgan fingerprint density at radius 3 is 3.00 bits per heavy atom. The lowest BCUT2D eigenvalue weighted by atomic mass is 9.99. The fourth-order valence-corrected chi connectivity index (χ4v) is 5.72. The molecular weight excluding hydrogens is 342 g/mol. The molecule has 3 rings (SSSR count). The van der Waals surface area contributed by atoms with Gasteiger partial charge in [0.15, 0.2) is 6.10 Å². The van der Waals surface area contributed by atoms with Gasteiger partial charge in [-0.15, -0.1) is 11.3 Å². The molecule has 0 aliphatic carbocycles. The lowest BCUT2D eigenvalue weighted by Crippen LogP contribution is -2.48. The van der Waals surface area contributed by atoms with Crippen LogP contribution >= 0.6 is 23.1 Å². The van der Waals surface area contributed by atoms with Gasteiger partial charge in [-0.1, -0.05) is 6.92 Å². The summed E-state index contributed by atoms with van der Waals surface area (Å²) >= 11 is 3.42. The second-order valence-electron chi connectivity index (χ2n) is 6.50. The van der Waals surface area contributed by atoms with Gasteiger partial charge in [-0.2, -0.15) is 11.8 Å². The van der Waals surface area contributed by atoms with Gasteiger partial charge in [0.25, 0.3) is 5.91 Å².